The summed E-state index contributed by atoms with van der Waals surface area (Å²) in [5.74, 6) is 0. The van der Waals surface area contributed by atoms with Crippen molar-refractivity contribution in [3.8, 4) is 0 Å². The molecule has 0 aromatic carbocycles. The first-order valence-corrected chi connectivity index (χ1v) is 4.90. The van der Waals surface area contributed by atoms with E-state index in [1.807, 2.05) is 0 Å². The Balaban J connectivity index is 0.000000284. The molecule has 88 valence electrons. The molecule has 2 aliphatic heterocycles. The molecule has 0 radical (unpaired) electrons. The van der Waals surface area contributed by atoms with E-state index in [1.54, 1.807) is 12.2 Å². The molecule has 0 N–H and O–H groups in total. The average Bonchev–Trinajstić information content (AvgIpc) is 2.93. The summed E-state index contributed by atoms with van der Waals surface area (Å²) in [4.78, 5) is 22.2. The second kappa shape index (κ2) is 7.96. The Morgan fingerprint density at radius 3 is 1.35 bits per heavy atom. The molecule has 0 aliphatic carbocycles. The minimum absolute atomic E-state index is 0. The first-order valence-electron chi connectivity index (χ1n) is 4.90. The normalized spacial score (nSPS) is 16.2. The second-order valence-corrected chi connectivity index (χ2v) is 3.27. The van der Waals surface area contributed by atoms with Gasteiger partial charge in [0.15, 0.2) is 0 Å². The SMILES string of the molecule is O=C([O-])N1C=CCC1.O=C([O-])N1C=CCC1.[Mg+2]. The van der Waals surface area contributed by atoms with Gasteiger partial charge in [0.1, 0.15) is 12.2 Å². The quantitative estimate of drug-likeness (QED) is 0.500. The van der Waals surface area contributed by atoms with E-state index in [2.05, 4.69) is 0 Å². The molecule has 0 saturated heterocycles. The van der Waals surface area contributed by atoms with Crippen LogP contribution < -0.4 is 10.2 Å². The van der Waals surface area contributed by atoms with Gasteiger partial charge in [-0.05, 0) is 12.8 Å². The van der Waals surface area contributed by atoms with Crippen LogP contribution in [-0.4, -0.2) is 58.1 Å². The number of rotatable bonds is 0. The van der Waals surface area contributed by atoms with Crippen LogP contribution in [-0.2, 0) is 0 Å². The van der Waals surface area contributed by atoms with E-state index in [9.17, 15) is 19.8 Å². The minimum atomic E-state index is -1.11. The number of amides is 2. The number of carbonyl (C=O) groups excluding carboxylic acids is 2. The van der Waals surface area contributed by atoms with Crippen LogP contribution in [0, 0.1) is 0 Å². The zero-order chi connectivity index (χ0) is 12.0. The third kappa shape index (κ3) is 5.59. The van der Waals surface area contributed by atoms with Crippen molar-refractivity contribution in [2.75, 3.05) is 13.1 Å². The van der Waals surface area contributed by atoms with E-state index >= 15 is 0 Å². The van der Waals surface area contributed by atoms with E-state index in [0.29, 0.717) is 13.1 Å². The van der Waals surface area contributed by atoms with Crippen molar-refractivity contribution in [1.29, 1.82) is 0 Å². The molecule has 0 aromatic rings. The van der Waals surface area contributed by atoms with Gasteiger partial charge in [-0.15, -0.1) is 0 Å². The minimum Gasteiger partial charge on any atom is -0.530 e. The van der Waals surface area contributed by atoms with Crippen LogP contribution in [0.15, 0.2) is 24.6 Å². The van der Waals surface area contributed by atoms with E-state index in [0.717, 1.165) is 22.6 Å². The predicted octanol–water partition coefficient (Wildman–Crippen LogP) is -1.28. The Kier molecular flexibility index (Phi) is 7.39. The van der Waals surface area contributed by atoms with Gasteiger partial charge >= 0.3 is 23.1 Å². The first-order chi connectivity index (χ1) is 7.61. The monoisotopic (exact) mass is 248 g/mol. The van der Waals surface area contributed by atoms with E-state index in [-0.39, 0.29) is 23.1 Å². The van der Waals surface area contributed by atoms with Gasteiger partial charge in [0, 0.05) is 25.5 Å². The number of hydrogen-bond acceptors (Lipinski definition) is 4. The van der Waals surface area contributed by atoms with Crippen LogP contribution in [0.2, 0.25) is 0 Å². The van der Waals surface area contributed by atoms with E-state index in [4.69, 9.17) is 0 Å². The summed E-state index contributed by atoms with van der Waals surface area (Å²) in [6.45, 7) is 1.12. The molecular formula is C10H12MgN2O4. The number of hydrogen-bond donors (Lipinski definition) is 0. The summed E-state index contributed by atoms with van der Waals surface area (Å²) < 4.78 is 0. The van der Waals surface area contributed by atoms with Crippen molar-refractivity contribution in [1.82, 2.24) is 9.80 Å². The fraction of sp³-hybridized carbons (Fsp3) is 0.400. The van der Waals surface area contributed by atoms with Crippen LogP contribution in [0.4, 0.5) is 9.59 Å². The van der Waals surface area contributed by atoms with Gasteiger partial charge in [-0.2, -0.15) is 0 Å². The van der Waals surface area contributed by atoms with Crippen LogP contribution in [0.1, 0.15) is 12.8 Å². The van der Waals surface area contributed by atoms with Gasteiger partial charge in [0.2, 0.25) is 0 Å². The fourth-order valence-electron chi connectivity index (χ4n) is 1.28. The van der Waals surface area contributed by atoms with Crippen LogP contribution >= 0.6 is 0 Å². The van der Waals surface area contributed by atoms with Crippen molar-refractivity contribution in [3.05, 3.63) is 24.6 Å². The van der Waals surface area contributed by atoms with E-state index < -0.39 is 12.2 Å². The molecule has 0 spiro atoms. The zero-order valence-corrected chi connectivity index (χ0v) is 10.8. The summed E-state index contributed by atoms with van der Waals surface area (Å²) >= 11 is 0. The molecule has 7 heteroatoms. The summed E-state index contributed by atoms with van der Waals surface area (Å²) in [5.41, 5.74) is 0. The number of nitrogens with zero attached hydrogens (tertiary/aromatic N) is 2. The Labute approximate surface area is 115 Å². The standard InChI is InChI=1S/2C5H7NO2.Mg/c2*7-5(8)6-3-1-2-4-6;/h2*1,3H,2,4H2,(H,7,8);/q;;+2/p-2. The zero-order valence-electron chi connectivity index (χ0n) is 9.37. The fourth-order valence-corrected chi connectivity index (χ4v) is 1.28. The molecule has 2 aliphatic rings. The summed E-state index contributed by atoms with van der Waals surface area (Å²) in [6.07, 6.45) is 6.05. The van der Waals surface area contributed by atoms with Gasteiger partial charge in [0.05, 0.1) is 0 Å². The molecule has 0 bridgehead atoms. The van der Waals surface area contributed by atoms with Crippen LogP contribution in [0.5, 0.6) is 0 Å². The molecule has 0 unspecified atom stereocenters. The molecule has 0 atom stereocenters. The molecular weight excluding hydrogens is 236 g/mol. The molecule has 6 nitrogen and oxygen atoms in total. The Hall–Kier alpha value is -1.21. The molecule has 2 heterocycles. The van der Waals surface area contributed by atoms with Crippen molar-refractivity contribution in [3.63, 3.8) is 0 Å². The largest absolute Gasteiger partial charge is 2.00 e. The maximum Gasteiger partial charge on any atom is 2.00 e. The van der Waals surface area contributed by atoms with Crippen molar-refractivity contribution < 1.29 is 19.8 Å². The molecule has 0 saturated carbocycles. The first kappa shape index (κ1) is 15.8. The van der Waals surface area contributed by atoms with Gasteiger partial charge in [-0.1, -0.05) is 12.2 Å². The van der Waals surface area contributed by atoms with Gasteiger partial charge in [-0.3, -0.25) is 0 Å². The van der Waals surface area contributed by atoms with E-state index in [1.165, 1.54) is 12.4 Å². The second-order valence-electron chi connectivity index (χ2n) is 3.27. The summed E-state index contributed by atoms with van der Waals surface area (Å²) in [5, 5.41) is 19.9. The third-order valence-corrected chi connectivity index (χ3v) is 2.11. The van der Waals surface area contributed by atoms with Crippen molar-refractivity contribution in [2.24, 2.45) is 0 Å². The molecule has 2 amide bonds. The van der Waals surface area contributed by atoms with Gasteiger partial charge in [-0.25, -0.2) is 0 Å². The van der Waals surface area contributed by atoms with Gasteiger partial charge < -0.3 is 29.6 Å². The Bertz CT molecular complexity index is 298. The van der Waals surface area contributed by atoms with Crippen molar-refractivity contribution in [2.45, 2.75) is 12.8 Å². The van der Waals surface area contributed by atoms with Gasteiger partial charge in [0.25, 0.3) is 0 Å². The maximum atomic E-state index is 9.97. The van der Waals surface area contributed by atoms with Crippen molar-refractivity contribution >= 4 is 35.2 Å². The third-order valence-electron chi connectivity index (χ3n) is 2.11. The Morgan fingerprint density at radius 1 is 0.882 bits per heavy atom. The predicted molar refractivity (Wildman–Crippen MR) is 57.5 cm³/mol. The number of carbonyl (C=O) groups is 2. The molecule has 17 heavy (non-hydrogen) atoms. The molecule has 0 fully saturated rings. The average molecular weight is 249 g/mol. The molecule has 0 aromatic heterocycles. The smallest absolute Gasteiger partial charge is 0.530 e. The topological polar surface area (TPSA) is 86.7 Å². The summed E-state index contributed by atoms with van der Waals surface area (Å²) in [7, 11) is 0. The number of carboxylic acid groups (broad SMARTS) is 2. The summed E-state index contributed by atoms with van der Waals surface area (Å²) in [6, 6.07) is 0. The van der Waals surface area contributed by atoms with Crippen LogP contribution in [0.25, 0.3) is 0 Å². The van der Waals surface area contributed by atoms with Crippen LogP contribution in [0.3, 0.4) is 0 Å². The Morgan fingerprint density at radius 2 is 1.24 bits per heavy atom. The maximum absolute atomic E-state index is 9.97. The molecule has 2 rings (SSSR count).